The van der Waals surface area contributed by atoms with E-state index in [1.807, 2.05) is 30.3 Å². The molecule has 3 unspecified atom stereocenters. The molecule has 0 aliphatic carbocycles. The van der Waals surface area contributed by atoms with Gasteiger partial charge in [0.2, 0.25) is 5.91 Å². The molecular formula is C30H27FNO6P. The lowest BCUT2D eigenvalue weighted by molar-refractivity contribution is -0.131. The van der Waals surface area contributed by atoms with Crippen molar-refractivity contribution in [2.45, 2.75) is 25.0 Å². The number of amides is 1. The Morgan fingerprint density at radius 3 is 2.13 bits per heavy atom. The van der Waals surface area contributed by atoms with Gasteiger partial charge >= 0.3 is 7.60 Å². The Hall–Kier alpha value is -3.81. The van der Waals surface area contributed by atoms with Crippen molar-refractivity contribution < 1.29 is 33.7 Å². The van der Waals surface area contributed by atoms with Crippen LogP contribution in [0.5, 0.6) is 5.75 Å². The van der Waals surface area contributed by atoms with Crippen LogP contribution >= 0.6 is 7.60 Å². The molecule has 1 heterocycles. The smallest absolute Gasteiger partial charge is 0.356 e. The van der Waals surface area contributed by atoms with Gasteiger partial charge in [-0.3, -0.25) is 9.36 Å². The van der Waals surface area contributed by atoms with E-state index in [1.165, 1.54) is 41.3 Å². The zero-order chi connectivity index (χ0) is 27.7. The third kappa shape index (κ3) is 5.51. The first-order chi connectivity index (χ1) is 18.6. The zero-order valence-corrected chi connectivity index (χ0v) is 21.7. The number of anilines is 1. The van der Waals surface area contributed by atoms with Gasteiger partial charge in [-0.1, -0.05) is 54.6 Å². The molecule has 3 atom stereocenters. The molecular weight excluding hydrogens is 520 g/mol. The highest BCUT2D eigenvalue weighted by Crippen LogP contribution is 2.49. The SMILES string of the molecule is O=C1C(CCC(O)c2ccccc2)C(c2ccc(-c3ccc(P(=O)(O)O)cc3)cc2O)N1c1ccc(F)cc1. The highest BCUT2D eigenvalue weighted by molar-refractivity contribution is 7.60. The third-order valence-electron chi connectivity index (χ3n) is 7.14. The number of aliphatic hydroxyl groups excluding tert-OH is 1. The second-order valence-corrected chi connectivity index (χ2v) is 11.2. The summed E-state index contributed by atoms with van der Waals surface area (Å²) in [5, 5.41) is 21.6. The van der Waals surface area contributed by atoms with Crippen LogP contribution in [-0.2, 0) is 9.36 Å². The average molecular weight is 548 g/mol. The van der Waals surface area contributed by atoms with E-state index in [4.69, 9.17) is 0 Å². The Balaban J connectivity index is 1.43. The molecule has 0 saturated carbocycles. The molecule has 1 aliphatic rings. The third-order valence-corrected chi connectivity index (χ3v) is 8.11. The molecule has 0 radical (unpaired) electrons. The van der Waals surface area contributed by atoms with Crippen molar-refractivity contribution in [1.29, 1.82) is 0 Å². The number of hydrogen-bond acceptors (Lipinski definition) is 4. The number of phenolic OH excluding ortho intramolecular Hbond substituents is 1. The first-order valence-corrected chi connectivity index (χ1v) is 14.1. The van der Waals surface area contributed by atoms with Crippen molar-refractivity contribution in [3.63, 3.8) is 0 Å². The van der Waals surface area contributed by atoms with Gasteiger partial charge in [-0.25, -0.2) is 4.39 Å². The number of aromatic hydroxyl groups is 1. The van der Waals surface area contributed by atoms with Crippen LogP contribution < -0.4 is 10.2 Å². The number of carbonyl (C=O) groups excluding carboxylic acids is 1. The average Bonchev–Trinajstić information content (AvgIpc) is 2.93. The van der Waals surface area contributed by atoms with Crippen molar-refractivity contribution in [1.82, 2.24) is 0 Å². The first-order valence-electron chi connectivity index (χ1n) is 12.4. The summed E-state index contributed by atoms with van der Waals surface area (Å²) >= 11 is 0. The van der Waals surface area contributed by atoms with E-state index in [0.717, 1.165) is 5.56 Å². The Morgan fingerprint density at radius 2 is 1.51 bits per heavy atom. The minimum Gasteiger partial charge on any atom is -0.508 e. The van der Waals surface area contributed by atoms with Gasteiger partial charge in [0.25, 0.3) is 0 Å². The number of halogens is 1. The number of phenols is 1. The molecule has 1 amide bonds. The van der Waals surface area contributed by atoms with Gasteiger partial charge in [-0.15, -0.1) is 0 Å². The maximum absolute atomic E-state index is 13.6. The van der Waals surface area contributed by atoms with E-state index in [9.17, 15) is 33.7 Å². The van der Waals surface area contributed by atoms with E-state index in [2.05, 4.69) is 0 Å². The Kier molecular flexibility index (Phi) is 7.38. The van der Waals surface area contributed by atoms with Crippen LogP contribution in [0, 0.1) is 11.7 Å². The summed E-state index contributed by atoms with van der Waals surface area (Å²) < 4.78 is 25.1. The lowest BCUT2D eigenvalue weighted by atomic mass is 9.77. The fraction of sp³-hybridized carbons (Fsp3) is 0.167. The van der Waals surface area contributed by atoms with Crippen LogP contribution in [0.3, 0.4) is 0 Å². The predicted molar refractivity (Wildman–Crippen MR) is 146 cm³/mol. The van der Waals surface area contributed by atoms with E-state index < -0.39 is 31.5 Å². The van der Waals surface area contributed by atoms with Gasteiger partial charge in [0, 0.05) is 11.3 Å². The standard InChI is InChI=1S/C30H27FNO6P/c31-22-9-11-23(12-10-22)32-29(26(30(32)35)16-17-27(33)20-4-2-1-3-5-20)25-15-8-21(18-28(25)34)19-6-13-24(14-7-19)39(36,37)38/h1-15,18,26-27,29,33-34H,16-17H2,(H2,36,37,38). The molecule has 4 aromatic carbocycles. The molecule has 1 saturated heterocycles. The summed E-state index contributed by atoms with van der Waals surface area (Å²) in [6.07, 6.45) is -0.0204. The summed E-state index contributed by atoms with van der Waals surface area (Å²) in [5.74, 6) is -1.16. The fourth-order valence-electron chi connectivity index (χ4n) is 5.08. The molecule has 4 aromatic rings. The molecule has 39 heavy (non-hydrogen) atoms. The van der Waals surface area contributed by atoms with Crippen LogP contribution in [0.25, 0.3) is 11.1 Å². The summed E-state index contributed by atoms with van der Waals surface area (Å²) in [4.78, 5) is 33.5. The topological polar surface area (TPSA) is 118 Å². The summed E-state index contributed by atoms with van der Waals surface area (Å²) in [6.45, 7) is 0. The van der Waals surface area contributed by atoms with Gasteiger partial charge in [-0.05, 0) is 72.0 Å². The summed E-state index contributed by atoms with van der Waals surface area (Å²) in [6, 6.07) is 25.1. The van der Waals surface area contributed by atoms with Gasteiger partial charge in [0.15, 0.2) is 0 Å². The number of nitrogens with zero attached hydrogens (tertiary/aromatic N) is 1. The molecule has 9 heteroatoms. The quantitative estimate of drug-likeness (QED) is 0.178. The van der Waals surface area contributed by atoms with Crippen molar-refractivity contribution in [2.75, 3.05) is 4.90 Å². The minimum absolute atomic E-state index is 0.0511. The molecule has 0 bridgehead atoms. The second-order valence-electron chi connectivity index (χ2n) is 9.60. The Bertz CT molecular complexity index is 1520. The number of rotatable bonds is 8. The number of aliphatic hydroxyl groups is 1. The van der Waals surface area contributed by atoms with E-state index in [-0.39, 0.29) is 17.0 Å². The molecule has 0 spiro atoms. The second kappa shape index (κ2) is 10.8. The van der Waals surface area contributed by atoms with Crippen LogP contribution in [-0.4, -0.2) is 25.9 Å². The number of hydrogen-bond donors (Lipinski definition) is 4. The maximum atomic E-state index is 13.6. The van der Waals surface area contributed by atoms with Gasteiger partial charge in [0.05, 0.1) is 23.4 Å². The normalized spacial score (nSPS) is 18.1. The highest BCUT2D eigenvalue weighted by atomic mass is 31.2. The maximum Gasteiger partial charge on any atom is 0.356 e. The van der Waals surface area contributed by atoms with Crippen molar-refractivity contribution in [3.8, 4) is 16.9 Å². The van der Waals surface area contributed by atoms with Crippen molar-refractivity contribution in [3.05, 3.63) is 114 Å². The summed E-state index contributed by atoms with van der Waals surface area (Å²) in [7, 11) is -4.37. The predicted octanol–water partition coefficient (Wildman–Crippen LogP) is 5.22. The molecule has 4 N–H and O–H groups in total. The molecule has 7 nitrogen and oxygen atoms in total. The highest BCUT2D eigenvalue weighted by Gasteiger charge is 2.49. The zero-order valence-electron chi connectivity index (χ0n) is 20.8. The first kappa shape index (κ1) is 26.8. The van der Waals surface area contributed by atoms with Crippen molar-refractivity contribution in [2.24, 2.45) is 5.92 Å². The number of β-lactam (4-membered cyclic amide) rings is 1. The van der Waals surface area contributed by atoms with Gasteiger partial charge in [-0.2, -0.15) is 0 Å². The van der Waals surface area contributed by atoms with Crippen LogP contribution in [0.15, 0.2) is 97.1 Å². The molecule has 1 aliphatic heterocycles. The Morgan fingerprint density at radius 1 is 0.872 bits per heavy atom. The molecule has 5 rings (SSSR count). The molecule has 200 valence electrons. The molecule has 0 aromatic heterocycles. The number of benzene rings is 4. The van der Waals surface area contributed by atoms with Gasteiger partial charge < -0.3 is 24.9 Å². The van der Waals surface area contributed by atoms with E-state index in [0.29, 0.717) is 35.2 Å². The molecule has 1 fully saturated rings. The largest absolute Gasteiger partial charge is 0.508 e. The summed E-state index contributed by atoms with van der Waals surface area (Å²) in [5.41, 5.74) is 3.05. The van der Waals surface area contributed by atoms with Crippen molar-refractivity contribution >= 4 is 24.5 Å². The lowest BCUT2D eigenvalue weighted by Gasteiger charge is -2.48. The fourth-order valence-corrected chi connectivity index (χ4v) is 5.61. The minimum atomic E-state index is -4.37. The van der Waals surface area contributed by atoms with Gasteiger partial charge in [0.1, 0.15) is 11.6 Å². The Labute approximate surface area is 225 Å². The van der Waals surface area contributed by atoms with E-state index >= 15 is 0 Å². The lowest BCUT2D eigenvalue weighted by Crippen LogP contribution is -2.55. The van der Waals surface area contributed by atoms with Crippen LogP contribution in [0.1, 0.15) is 36.1 Å². The van der Waals surface area contributed by atoms with Crippen LogP contribution in [0.4, 0.5) is 10.1 Å². The monoisotopic (exact) mass is 547 g/mol. The van der Waals surface area contributed by atoms with E-state index in [1.54, 1.807) is 30.3 Å². The van der Waals surface area contributed by atoms with Crippen LogP contribution in [0.2, 0.25) is 0 Å². The number of carbonyl (C=O) groups is 1.